The van der Waals surface area contributed by atoms with Crippen molar-refractivity contribution in [2.45, 2.75) is 31.1 Å². The first-order chi connectivity index (χ1) is 9.50. The average Bonchev–Trinajstić information content (AvgIpc) is 3.09. The summed E-state index contributed by atoms with van der Waals surface area (Å²) in [5, 5.41) is 2.68. The molecule has 0 radical (unpaired) electrons. The summed E-state index contributed by atoms with van der Waals surface area (Å²) in [7, 11) is 0. The van der Waals surface area contributed by atoms with Gasteiger partial charge in [-0.05, 0) is 30.5 Å². The largest absolute Gasteiger partial charge is 0.406 e. The molecule has 0 saturated heterocycles. The summed E-state index contributed by atoms with van der Waals surface area (Å²) in [5.74, 6) is 0. The van der Waals surface area contributed by atoms with Gasteiger partial charge < -0.3 is 0 Å². The first-order valence-electron chi connectivity index (χ1n) is 6.46. The van der Waals surface area contributed by atoms with Gasteiger partial charge in [0.05, 0.1) is 0 Å². The summed E-state index contributed by atoms with van der Waals surface area (Å²) in [6, 6.07) is 13.7. The van der Waals surface area contributed by atoms with E-state index >= 15 is 0 Å². The molecule has 20 heavy (non-hydrogen) atoms. The van der Waals surface area contributed by atoms with Gasteiger partial charge in [-0.15, -0.1) is 11.3 Å². The van der Waals surface area contributed by atoms with E-state index in [-0.39, 0.29) is 19.4 Å². The zero-order chi connectivity index (χ0) is 14.2. The summed E-state index contributed by atoms with van der Waals surface area (Å²) in [4.78, 5) is 2.01. The summed E-state index contributed by atoms with van der Waals surface area (Å²) in [6.07, 6.45) is -3.77. The maximum absolute atomic E-state index is 12.8. The highest BCUT2D eigenvalue weighted by molar-refractivity contribution is 7.15. The molecule has 1 aliphatic rings. The Labute approximate surface area is 119 Å². The molecule has 1 N–H and O–H groups in total. The molecule has 3 rings (SSSR count). The fourth-order valence-corrected chi connectivity index (χ4v) is 3.13. The van der Waals surface area contributed by atoms with Crippen LogP contribution in [0.5, 0.6) is 0 Å². The third-order valence-corrected chi connectivity index (χ3v) is 4.75. The summed E-state index contributed by atoms with van der Waals surface area (Å²) >= 11 is 1.54. The predicted molar refractivity (Wildman–Crippen MR) is 74.6 cm³/mol. The maximum atomic E-state index is 12.8. The Hall–Kier alpha value is -1.33. The molecule has 1 heterocycles. The Bertz CT molecular complexity index is 585. The number of nitrogens with one attached hydrogen (secondary N) is 1. The van der Waals surface area contributed by atoms with Gasteiger partial charge in [0, 0.05) is 16.3 Å². The van der Waals surface area contributed by atoms with Crippen LogP contribution in [-0.2, 0) is 6.54 Å². The van der Waals surface area contributed by atoms with Crippen LogP contribution >= 0.6 is 11.3 Å². The molecule has 1 aliphatic carbocycles. The van der Waals surface area contributed by atoms with E-state index in [0.717, 1.165) is 15.3 Å². The molecule has 1 saturated carbocycles. The lowest BCUT2D eigenvalue weighted by Gasteiger charge is -2.20. The van der Waals surface area contributed by atoms with Crippen LogP contribution in [-0.4, -0.2) is 11.7 Å². The van der Waals surface area contributed by atoms with Crippen LogP contribution in [0.2, 0.25) is 0 Å². The second-order valence-electron chi connectivity index (χ2n) is 5.07. The minimum Gasteiger partial charge on any atom is -0.299 e. The molecule has 1 nitrogen and oxygen atoms in total. The highest BCUT2D eigenvalue weighted by Gasteiger charge is 2.62. The van der Waals surface area contributed by atoms with Gasteiger partial charge in [0.25, 0.3) is 0 Å². The second kappa shape index (κ2) is 4.90. The molecule has 0 bridgehead atoms. The Balaban J connectivity index is 1.67. The smallest absolute Gasteiger partial charge is 0.299 e. The summed E-state index contributed by atoms with van der Waals surface area (Å²) in [6.45, 7) is 0.275. The molecule has 0 amide bonds. The normalized spacial score (nSPS) is 17.1. The van der Waals surface area contributed by atoms with Crippen molar-refractivity contribution in [1.29, 1.82) is 0 Å². The van der Waals surface area contributed by atoms with E-state index in [1.165, 1.54) is 11.3 Å². The van der Waals surface area contributed by atoms with E-state index in [1.54, 1.807) is 0 Å². The Kier molecular flexibility index (Phi) is 3.34. The Morgan fingerprint density at radius 1 is 1.05 bits per heavy atom. The molecule has 1 fully saturated rings. The molecule has 106 valence electrons. The van der Waals surface area contributed by atoms with Crippen molar-refractivity contribution in [3.8, 4) is 10.4 Å². The molecule has 0 aliphatic heterocycles. The van der Waals surface area contributed by atoms with Gasteiger partial charge in [-0.2, -0.15) is 13.2 Å². The number of hydrogen-bond donors (Lipinski definition) is 1. The number of thiophene rings is 1. The number of rotatable bonds is 4. The van der Waals surface area contributed by atoms with Crippen LogP contribution in [0.1, 0.15) is 17.7 Å². The Morgan fingerprint density at radius 2 is 1.75 bits per heavy atom. The lowest BCUT2D eigenvalue weighted by Crippen LogP contribution is -2.44. The zero-order valence-electron chi connectivity index (χ0n) is 10.7. The minimum atomic E-state index is -4.15. The van der Waals surface area contributed by atoms with E-state index in [0.29, 0.717) is 0 Å². The van der Waals surface area contributed by atoms with Crippen LogP contribution in [0.15, 0.2) is 42.5 Å². The zero-order valence-corrected chi connectivity index (χ0v) is 11.5. The van der Waals surface area contributed by atoms with Crippen molar-refractivity contribution in [2.75, 3.05) is 0 Å². The fraction of sp³-hybridized carbons (Fsp3) is 0.333. The first kappa shape index (κ1) is 13.6. The molecular formula is C15H14F3NS. The molecule has 5 heteroatoms. The highest BCUT2D eigenvalue weighted by Crippen LogP contribution is 2.49. The molecule has 0 atom stereocenters. The average molecular weight is 297 g/mol. The van der Waals surface area contributed by atoms with Crippen molar-refractivity contribution < 1.29 is 13.2 Å². The van der Waals surface area contributed by atoms with Crippen molar-refractivity contribution in [3.05, 3.63) is 47.3 Å². The van der Waals surface area contributed by atoms with E-state index in [2.05, 4.69) is 5.32 Å². The van der Waals surface area contributed by atoms with Crippen molar-refractivity contribution in [3.63, 3.8) is 0 Å². The Morgan fingerprint density at radius 3 is 2.35 bits per heavy atom. The number of halogens is 3. The van der Waals surface area contributed by atoms with Gasteiger partial charge in [0.15, 0.2) is 0 Å². The molecular weight excluding hydrogens is 283 g/mol. The highest BCUT2D eigenvalue weighted by atomic mass is 32.1. The topological polar surface area (TPSA) is 12.0 Å². The van der Waals surface area contributed by atoms with Crippen LogP contribution in [0.25, 0.3) is 10.4 Å². The number of benzene rings is 1. The molecule has 2 aromatic rings. The monoisotopic (exact) mass is 297 g/mol. The standard InChI is InChI=1S/C15H14F3NS/c16-15(17,18)14(8-9-14)19-10-12-6-7-13(20-12)11-4-2-1-3-5-11/h1-7,19H,8-10H2. The van der Waals surface area contributed by atoms with E-state index in [4.69, 9.17) is 0 Å². The predicted octanol–water partition coefficient (Wildman–Crippen LogP) is 4.60. The van der Waals surface area contributed by atoms with Crippen LogP contribution in [0.3, 0.4) is 0 Å². The third kappa shape index (κ3) is 2.60. The van der Waals surface area contributed by atoms with E-state index in [9.17, 15) is 13.2 Å². The van der Waals surface area contributed by atoms with Crippen LogP contribution < -0.4 is 5.32 Å². The van der Waals surface area contributed by atoms with Crippen molar-refractivity contribution >= 4 is 11.3 Å². The fourth-order valence-electron chi connectivity index (χ4n) is 2.17. The summed E-state index contributed by atoms with van der Waals surface area (Å²) in [5.41, 5.74) is -0.537. The minimum absolute atomic E-state index is 0.188. The molecule has 1 aromatic heterocycles. The van der Waals surface area contributed by atoms with Crippen LogP contribution in [0, 0.1) is 0 Å². The van der Waals surface area contributed by atoms with E-state index < -0.39 is 11.7 Å². The molecule has 1 aromatic carbocycles. The second-order valence-corrected chi connectivity index (χ2v) is 6.23. The van der Waals surface area contributed by atoms with Crippen molar-refractivity contribution in [1.82, 2.24) is 5.32 Å². The number of hydrogen-bond acceptors (Lipinski definition) is 2. The first-order valence-corrected chi connectivity index (χ1v) is 7.28. The van der Waals surface area contributed by atoms with E-state index in [1.807, 2.05) is 42.5 Å². The van der Waals surface area contributed by atoms with Gasteiger partial charge in [-0.1, -0.05) is 30.3 Å². The van der Waals surface area contributed by atoms with Gasteiger partial charge in [0.2, 0.25) is 0 Å². The number of alkyl halides is 3. The van der Waals surface area contributed by atoms with Gasteiger partial charge in [0.1, 0.15) is 5.54 Å². The molecule has 0 unspecified atom stereocenters. The molecule has 0 spiro atoms. The van der Waals surface area contributed by atoms with Gasteiger partial charge in [-0.25, -0.2) is 0 Å². The third-order valence-electron chi connectivity index (χ3n) is 3.61. The maximum Gasteiger partial charge on any atom is 0.406 e. The SMILES string of the molecule is FC(F)(F)C1(NCc2ccc(-c3ccccc3)s2)CC1. The van der Waals surface area contributed by atoms with Gasteiger partial charge in [-0.3, -0.25) is 5.32 Å². The van der Waals surface area contributed by atoms with Gasteiger partial charge >= 0.3 is 6.18 Å². The lowest BCUT2D eigenvalue weighted by atomic mass is 10.2. The van der Waals surface area contributed by atoms with Crippen molar-refractivity contribution in [2.24, 2.45) is 0 Å². The van der Waals surface area contributed by atoms with Crippen LogP contribution in [0.4, 0.5) is 13.2 Å². The quantitative estimate of drug-likeness (QED) is 0.869. The summed E-state index contributed by atoms with van der Waals surface area (Å²) < 4.78 is 38.4. The lowest BCUT2D eigenvalue weighted by molar-refractivity contribution is -0.166.